The van der Waals surface area contributed by atoms with Gasteiger partial charge in [-0.2, -0.15) is 0 Å². The minimum atomic E-state index is -0.708. The largest absolute Gasteiger partial charge is 0.389 e. The van der Waals surface area contributed by atoms with Crippen molar-refractivity contribution in [1.29, 1.82) is 0 Å². The van der Waals surface area contributed by atoms with E-state index in [1.165, 1.54) is 29.2 Å². The third kappa shape index (κ3) is 2.83. The van der Waals surface area contributed by atoms with Gasteiger partial charge in [0.1, 0.15) is 11.3 Å². The lowest BCUT2D eigenvalue weighted by molar-refractivity contribution is 0.196. The van der Waals surface area contributed by atoms with Gasteiger partial charge < -0.3 is 5.11 Å². The molecule has 0 unspecified atom stereocenters. The Balaban J connectivity index is 2.41. The van der Waals surface area contributed by atoms with Crippen molar-refractivity contribution in [3.05, 3.63) is 34.6 Å². The van der Waals surface area contributed by atoms with Gasteiger partial charge >= 0.3 is 0 Å². The molecule has 1 aromatic carbocycles. The zero-order valence-corrected chi connectivity index (χ0v) is 11.0. The zero-order valence-electron chi connectivity index (χ0n) is 9.35. The lowest BCUT2D eigenvalue weighted by atomic mass is 10.1. The summed E-state index contributed by atoms with van der Waals surface area (Å²) in [5, 5.41) is 17.3. The fourth-order valence-electron chi connectivity index (χ4n) is 1.39. The van der Waals surface area contributed by atoms with E-state index in [1.807, 2.05) is 0 Å². The zero-order chi connectivity index (χ0) is 12.4. The lowest BCUT2D eigenvalue weighted by Crippen LogP contribution is -1.97. The maximum absolute atomic E-state index is 13.5. The summed E-state index contributed by atoms with van der Waals surface area (Å²) < 4.78 is 14.2. The molecule has 0 aliphatic carbocycles. The normalized spacial score (nSPS) is 12.7. The van der Waals surface area contributed by atoms with Crippen molar-refractivity contribution in [3.63, 3.8) is 0 Å². The maximum atomic E-state index is 13.5. The Morgan fingerprint density at radius 3 is 2.82 bits per heavy atom. The van der Waals surface area contributed by atoms with E-state index in [1.54, 1.807) is 25.4 Å². The van der Waals surface area contributed by atoms with Crippen molar-refractivity contribution >= 4 is 23.1 Å². The van der Waals surface area contributed by atoms with E-state index < -0.39 is 6.10 Å². The molecule has 6 heteroatoms. The van der Waals surface area contributed by atoms with E-state index >= 15 is 0 Å². The molecule has 90 valence electrons. The van der Waals surface area contributed by atoms with Gasteiger partial charge in [0, 0.05) is 4.90 Å². The van der Waals surface area contributed by atoms with Gasteiger partial charge in [-0.3, -0.25) is 0 Å². The number of nitrogens with zero attached hydrogens (tertiary/aromatic N) is 2. The number of rotatable bonds is 3. The van der Waals surface area contributed by atoms with Gasteiger partial charge in [0.25, 0.3) is 0 Å². The number of aromatic nitrogens is 2. The Hall–Kier alpha value is -0.980. The summed E-state index contributed by atoms with van der Waals surface area (Å²) in [6.45, 7) is 3.32. The lowest BCUT2D eigenvalue weighted by Gasteiger charge is -2.12. The number of aliphatic hydroxyl groups is 1. The van der Waals surface area contributed by atoms with Crippen LogP contribution >= 0.6 is 23.1 Å². The van der Waals surface area contributed by atoms with Crippen LogP contribution in [0.2, 0.25) is 0 Å². The Labute approximate surface area is 107 Å². The summed E-state index contributed by atoms with van der Waals surface area (Å²) in [6, 6.07) is 3.10. The van der Waals surface area contributed by atoms with Crippen LogP contribution in [0.1, 0.15) is 24.2 Å². The molecule has 1 heterocycles. The Bertz CT molecular complexity index is 514. The molecule has 1 aromatic heterocycles. The molecule has 0 aliphatic heterocycles. The van der Waals surface area contributed by atoms with Crippen molar-refractivity contribution in [2.75, 3.05) is 0 Å². The van der Waals surface area contributed by atoms with Crippen LogP contribution in [0.5, 0.6) is 0 Å². The van der Waals surface area contributed by atoms with Gasteiger partial charge in [-0.15, -0.1) is 10.2 Å². The van der Waals surface area contributed by atoms with Gasteiger partial charge in [-0.05, 0) is 37.1 Å². The fraction of sp³-hybridized carbons (Fsp3) is 0.273. The molecule has 2 aromatic rings. The molecule has 0 saturated carbocycles. The summed E-state index contributed by atoms with van der Waals surface area (Å²) in [7, 11) is 0. The van der Waals surface area contributed by atoms with Crippen LogP contribution in [-0.4, -0.2) is 15.3 Å². The molecule has 0 saturated heterocycles. The van der Waals surface area contributed by atoms with E-state index in [9.17, 15) is 9.50 Å². The summed E-state index contributed by atoms with van der Waals surface area (Å²) in [6.07, 6.45) is -0.708. The summed E-state index contributed by atoms with van der Waals surface area (Å²) >= 11 is 2.80. The van der Waals surface area contributed by atoms with Crippen LogP contribution in [0.15, 0.2) is 26.9 Å². The molecule has 1 N–H and O–H groups in total. The summed E-state index contributed by atoms with van der Waals surface area (Å²) in [5.74, 6) is -0.303. The predicted molar refractivity (Wildman–Crippen MR) is 65.8 cm³/mol. The Morgan fingerprint density at radius 2 is 2.24 bits per heavy atom. The molecule has 0 aliphatic rings. The van der Waals surface area contributed by atoms with E-state index in [2.05, 4.69) is 10.2 Å². The number of aliphatic hydroxyl groups excluding tert-OH is 1. The van der Waals surface area contributed by atoms with Crippen LogP contribution in [0.25, 0.3) is 0 Å². The smallest absolute Gasteiger partial charge is 0.178 e. The van der Waals surface area contributed by atoms with Crippen molar-refractivity contribution < 1.29 is 9.50 Å². The van der Waals surface area contributed by atoms with Gasteiger partial charge in [-0.1, -0.05) is 23.1 Å². The Kier molecular flexibility index (Phi) is 3.76. The highest BCUT2D eigenvalue weighted by atomic mass is 32.2. The highest BCUT2D eigenvalue weighted by Gasteiger charge is 2.14. The molecule has 0 spiro atoms. The van der Waals surface area contributed by atoms with E-state index in [0.29, 0.717) is 11.1 Å². The number of halogens is 1. The molecule has 17 heavy (non-hydrogen) atoms. The van der Waals surface area contributed by atoms with Gasteiger partial charge in [-0.25, -0.2) is 4.39 Å². The third-order valence-corrected chi connectivity index (χ3v) is 4.13. The van der Waals surface area contributed by atoms with Crippen molar-refractivity contribution in [1.82, 2.24) is 10.2 Å². The maximum Gasteiger partial charge on any atom is 0.178 e. The first-order valence-electron chi connectivity index (χ1n) is 5.00. The fourth-order valence-corrected chi connectivity index (χ4v) is 3.12. The van der Waals surface area contributed by atoms with Crippen LogP contribution in [-0.2, 0) is 0 Å². The van der Waals surface area contributed by atoms with E-state index in [-0.39, 0.29) is 5.82 Å². The van der Waals surface area contributed by atoms with Crippen LogP contribution in [0, 0.1) is 12.7 Å². The highest BCUT2D eigenvalue weighted by molar-refractivity contribution is 8.01. The molecular weight excluding hydrogens is 259 g/mol. The van der Waals surface area contributed by atoms with Crippen LogP contribution in [0.3, 0.4) is 0 Å². The second-order valence-electron chi connectivity index (χ2n) is 3.62. The van der Waals surface area contributed by atoms with Crippen molar-refractivity contribution in [2.45, 2.75) is 29.2 Å². The van der Waals surface area contributed by atoms with Crippen molar-refractivity contribution in [3.8, 4) is 0 Å². The Morgan fingerprint density at radius 1 is 1.47 bits per heavy atom. The first-order chi connectivity index (χ1) is 8.08. The average molecular weight is 270 g/mol. The minimum Gasteiger partial charge on any atom is -0.389 e. The highest BCUT2D eigenvalue weighted by Crippen LogP contribution is 2.35. The molecular formula is C11H11FN2OS2. The SMILES string of the molecule is Cc1cc(Sc2nncs2)c([C@@H](C)O)cc1F. The first-order valence-corrected chi connectivity index (χ1v) is 6.69. The van der Waals surface area contributed by atoms with Gasteiger partial charge in [0.05, 0.1) is 6.10 Å². The topological polar surface area (TPSA) is 46.0 Å². The molecule has 0 amide bonds. The molecule has 0 bridgehead atoms. The average Bonchev–Trinajstić information content (AvgIpc) is 2.75. The number of benzene rings is 1. The number of hydrogen-bond acceptors (Lipinski definition) is 5. The molecule has 2 rings (SSSR count). The van der Waals surface area contributed by atoms with Crippen molar-refractivity contribution in [2.24, 2.45) is 0 Å². The molecule has 1 atom stereocenters. The number of aryl methyl sites for hydroxylation is 1. The monoisotopic (exact) mass is 270 g/mol. The van der Waals surface area contributed by atoms with Crippen LogP contribution in [0.4, 0.5) is 4.39 Å². The van der Waals surface area contributed by atoms with Gasteiger partial charge in [0.2, 0.25) is 0 Å². The molecule has 0 fully saturated rings. The summed E-state index contributed by atoms with van der Waals surface area (Å²) in [4.78, 5) is 0.815. The van der Waals surface area contributed by atoms with Crippen LogP contribution < -0.4 is 0 Å². The van der Waals surface area contributed by atoms with E-state index in [0.717, 1.165) is 9.24 Å². The number of hydrogen-bond donors (Lipinski definition) is 1. The third-order valence-electron chi connectivity index (χ3n) is 2.28. The summed E-state index contributed by atoms with van der Waals surface area (Å²) in [5.41, 5.74) is 2.77. The quantitative estimate of drug-likeness (QED) is 0.930. The molecule has 0 radical (unpaired) electrons. The molecule has 3 nitrogen and oxygen atoms in total. The minimum absolute atomic E-state index is 0.303. The second-order valence-corrected chi connectivity index (χ2v) is 5.74. The second kappa shape index (κ2) is 5.12. The predicted octanol–water partition coefficient (Wildman–Crippen LogP) is 3.19. The van der Waals surface area contributed by atoms with Gasteiger partial charge in [0.15, 0.2) is 4.34 Å². The van der Waals surface area contributed by atoms with E-state index in [4.69, 9.17) is 0 Å². The standard InChI is InChI=1S/C11H11FN2OS2/c1-6-3-10(17-11-14-13-5-16-11)8(7(2)15)4-9(6)12/h3-5,7,15H,1-2H3/t7-/m1/s1. The first kappa shape index (κ1) is 12.5.